The van der Waals surface area contributed by atoms with Crippen molar-refractivity contribution < 1.29 is 9.53 Å². The molecular weight excluding hydrogens is 297 g/mol. The van der Waals surface area contributed by atoms with E-state index in [0.717, 1.165) is 0 Å². The molecule has 2 rings (SSSR count). The summed E-state index contributed by atoms with van der Waals surface area (Å²) in [6, 6.07) is 13.8. The molecule has 0 aliphatic carbocycles. The van der Waals surface area contributed by atoms with Crippen molar-refractivity contribution in [1.82, 2.24) is 0 Å². The molecular formula is C15H13Cl2NO2. The third kappa shape index (κ3) is 4.15. The van der Waals surface area contributed by atoms with Crippen LogP contribution in [0.5, 0.6) is 5.75 Å². The summed E-state index contributed by atoms with van der Waals surface area (Å²) in [5.41, 5.74) is 0.633. The van der Waals surface area contributed by atoms with Gasteiger partial charge in [-0.15, -0.1) is 0 Å². The summed E-state index contributed by atoms with van der Waals surface area (Å²) in [5.74, 6) is 0.338. The molecule has 0 radical (unpaired) electrons. The van der Waals surface area contributed by atoms with E-state index in [1.165, 1.54) is 0 Å². The molecule has 0 fully saturated rings. The molecule has 5 heteroatoms. The maximum atomic E-state index is 12.0. The Bertz CT molecular complexity index is 599. The molecule has 0 spiro atoms. The van der Waals surface area contributed by atoms with E-state index in [2.05, 4.69) is 5.32 Å². The SMILES string of the molecule is C[C@H](Oc1ccc(Cl)cc1)C(=O)Nc1cccc(Cl)c1. The van der Waals surface area contributed by atoms with Crippen LogP contribution in [0.3, 0.4) is 0 Å². The minimum Gasteiger partial charge on any atom is -0.481 e. The van der Waals surface area contributed by atoms with Gasteiger partial charge in [-0.05, 0) is 49.4 Å². The molecule has 1 N–H and O–H groups in total. The Morgan fingerprint density at radius 1 is 1.10 bits per heavy atom. The van der Waals surface area contributed by atoms with E-state index >= 15 is 0 Å². The summed E-state index contributed by atoms with van der Waals surface area (Å²) >= 11 is 11.6. The summed E-state index contributed by atoms with van der Waals surface area (Å²) in [4.78, 5) is 12.0. The van der Waals surface area contributed by atoms with E-state index in [0.29, 0.717) is 21.5 Å². The highest BCUT2D eigenvalue weighted by Gasteiger charge is 2.14. The lowest BCUT2D eigenvalue weighted by Gasteiger charge is -2.14. The van der Waals surface area contributed by atoms with Gasteiger partial charge >= 0.3 is 0 Å². The summed E-state index contributed by atoms with van der Waals surface area (Å²) in [5, 5.41) is 3.92. The number of benzene rings is 2. The van der Waals surface area contributed by atoms with Crippen LogP contribution >= 0.6 is 23.2 Å². The minimum absolute atomic E-state index is 0.248. The molecule has 0 saturated carbocycles. The Balaban J connectivity index is 1.96. The van der Waals surface area contributed by atoms with E-state index in [1.54, 1.807) is 55.5 Å². The third-order valence-corrected chi connectivity index (χ3v) is 3.07. The van der Waals surface area contributed by atoms with Crippen LogP contribution in [0.15, 0.2) is 48.5 Å². The molecule has 104 valence electrons. The molecule has 1 atom stereocenters. The van der Waals surface area contributed by atoms with Crippen molar-refractivity contribution in [3.05, 3.63) is 58.6 Å². The van der Waals surface area contributed by atoms with Gasteiger partial charge in [0.05, 0.1) is 0 Å². The molecule has 1 amide bonds. The van der Waals surface area contributed by atoms with Gasteiger partial charge in [0.25, 0.3) is 5.91 Å². The van der Waals surface area contributed by atoms with Gasteiger partial charge in [-0.1, -0.05) is 29.3 Å². The predicted octanol–water partition coefficient (Wildman–Crippen LogP) is 4.40. The van der Waals surface area contributed by atoms with E-state index in [-0.39, 0.29) is 5.91 Å². The first-order chi connectivity index (χ1) is 9.54. The lowest BCUT2D eigenvalue weighted by molar-refractivity contribution is -0.122. The number of halogens is 2. The topological polar surface area (TPSA) is 38.3 Å². The van der Waals surface area contributed by atoms with E-state index in [9.17, 15) is 4.79 Å². The number of hydrogen-bond acceptors (Lipinski definition) is 2. The van der Waals surface area contributed by atoms with E-state index in [1.807, 2.05) is 0 Å². The second-order valence-electron chi connectivity index (χ2n) is 4.21. The molecule has 2 aromatic carbocycles. The molecule has 2 aromatic rings. The van der Waals surface area contributed by atoms with Crippen molar-refractivity contribution in [3.63, 3.8) is 0 Å². The maximum Gasteiger partial charge on any atom is 0.265 e. The van der Waals surface area contributed by atoms with E-state index in [4.69, 9.17) is 27.9 Å². The molecule has 0 aliphatic rings. The Morgan fingerprint density at radius 2 is 1.80 bits per heavy atom. The van der Waals surface area contributed by atoms with Gasteiger partial charge in [-0.25, -0.2) is 0 Å². The highest BCUT2D eigenvalue weighted by molar-refractivity contribution is 6.31. The van der Waals surface area contributed by atoms with Crippen LogP contribution in [-0.2, 0) is 4.79 Å². The number of carbonyl (C=O) groups is 1. The molecule has 20 heavy (non-hydrogen) atoms. The first-order valence-corrected chi connectivity index (χ1v) is 6.79. The smallest absolute Gasteiger partial charge is 0.265 e. The molecule has 0 saturated heterocycles. The number of carbonyl (C=O) groups excluding carboxylic acids is 1. The average molecular weight is 310 g/mol. The van der Waals surface area contributed by atoms with Crippen LogP contribution in [0.4, 0.5) is 5.69 Å². The van der Waals surface area contributed by atoms with Crippen molar-refractivity contribution >= 4 is 34.8 Å². The van der Waals surface area contributed by atoms with Gasteiger partial charge in [-0.2, -0.15) is 0 Å². The zero-order valence-corrected chi connectivity index (χ0v) is 12.3. The Kier molecular flexibility index (Phi) is 4.88. The highest BCUT2D eigenvalue weighted by atomic mass is 35.5. The predicted molar refractivity (Wildman–Crippen MR) is 81.6 cm³/mol. The van der Waals surface area contributed by atoms with Crippen molar-refractivity contribution in [2.75, 3.05) is 5.32 Å². The van der Waals surface area contributed by atoms with Crippen molar-refractivity contribution in [1.29, 1.82) is 0 Å². The maximum absolute atomic E-state index is 12.0. The van der Waals surface area contributed by atoms with Gasteiger partial charge in [0, 0.05) is 15.7 Å². The molecule has 0 heterocycles. The van der Waals surface area contributed by atoms with Crippen molar-refractivity contribution in [2.45, 2.75) is 13.0 Å². The molecule has 0 unspecified atom stereocenters. The number of rotatable bonds is 4. The summed E-state index contributed by atoms with van der Waals surface area (Å²) in [7, 11) is 0. The molecule has 0 aromatic heterocycles. The number of amides is 1. The molecule has 0 bridgehead atoms. The van der Waals surface area contributed by atoms with E-state index < -0.39 is 6.10 Å². The number of ether oxygens (including phenoxy) is 1. The first-order valence-electron chi connectivity index (χ1n) is 6.03. The van der Waals surface area contributed by atoms with Gasteiger partial charge in [0.2, 0.25) is 0 Å². The quantitative estimate of drug-likeness (QED) is 0.909. The normalized spacial score (nSPS) is 11.8. The van der Waals surface area contributed by atoms with Crippen LogP contribution in [-0.4, -0.2) is 12.0 Å². The zero-order valence-electron chi connectivity index (χ0n) is 10.8. The standard InChI is InChI=1S/C15H13Cl2NO2/c1-10(20-14-7-5-11(16)6-8-14)15(19)18-13-4-2-3-12(17)9-13/h2-10H,1H3,(H,18,19)/t10-/m0/s1. The lowest BCUT2D eigenvalue weighted by Crippen LogP contribution is -2.30. The van der Waals surface area contributed by atoms with Gasteiger partial charge in [-0.3, -0.25) is 4.79 Å². The Morgan fingerprint density at radius 3 is 2.45 bits per heavy atom. The average Bonchev–Trinajstić information content (AvgIpc) is 2.41. The third-order valence-electron chi connectivity index (χ3n) is 2.59. The Labute approximate surface area is 127 Å². The lowest BCUT2D eigenvalue weighted by atomic mass is 10.3. The number of nitrogens with one attached hydrogen (secondary N) is 1. The first kappa shape index (κ1) is 14.7. The summed E-state index contributed by atoms with van der Waals surface area (Å²) < 4.78 is 5.53. The fourth-order valence-corrected chi connectivity index (χ4v) is 1.90. The zero-order chi connectivity index (χ0) is 14.5. The van der Waals surface area contributed by atoms with Crippen molar-refractivity contribution in [3.8, 4) is 5.75 Å². The largest absolute Gasteiger partial charge is 0.481 e. The van der Waals surface area contributed by atoms with Crippen LogP contribution < -0.4 is 10.1 Å². The minimum atomic E-state index is -0.629. The molecule has 3 nitrogen and oxygen atoms in total. The number of anilines is 1. The summed E-state index contributed by atoms with van der Waals surface area (Å²) in [6.07, 6.45) is -0.629. The highest BCUT2D eigenvalue weighted by Crippen LogP contribution is 2.18. The van der Waals surface area contributed by atoms with Crippen LogP contribution in [0, 0.1) is 0 Å². The Hall–Kier alpha value is -1.71. The second-order valence-corrected chi connectivity index (χ2v) is 5.09. The van der Waals surface area contributed by atoms with Gasteiger partial charge < -0.3 is 10.1 Å². The fourth-order valence-electron chi connectivity index (χ4n) is 1.58. The van der Waals surface area contributed by atoms with Crippen LogP contribution in [0.2, 0.25) is 10.0 Å². The van der Waals surface area contributed by atoms with Crippen LogP contribution in [0.1, 0.15) is 6.92 Å². The summed E-state index contributed by atoms with van der Waals surface area (Å²) in [6.45, 7) is 1.68. The van der Waals surface area contributed by atoms with Crippen LogP contribution in [0.25, 0.3) is 0 Å². The number of hydrogen-bond donors (Lipinski definition) is 1. The van der Waals surface area contributed by atoms with Gasteiger partial charge in [0.1, 0.15) is 5.75 Å². The fraction of sp³-hybridized carbons (Fsp3) is 0.133. The second kappa shape index (κ2) is 6.64. The van der Waals surface area contributed by atoms with Gasteiger partial charge in [0.15, 0.2) is 6.10 Å². The van der Waals surface area contributed by atoms with Crippen molar-refractivity contribution in [2.24, 2.45) is 0 Å². The monoisotopic (exact) mass is 309 g/mol. The molecule has 0 aliphatic heterocycles.